The third-order valence-electron chi connectivity index (χ3n) is 4.71. The van der Waals surface area contributed by atoms with Gasteiger partial charge in [0.15, 0.2) is 0 Å². The average Bonchev–Trinajstić information content (AvgIpc) is 3.03. The maximum atomic E-state index is 12.5. The van der Waals surface area contributed by atoms with E-state index in [0.717, 1.165) is 10.9 Å². The molecule has 1 aromatic heterocycles. The number of hydrogen-bond donors (Lipinski definition) is 1. The lowest BCUT2D eigenvalue weighted by molar-refractivity contribution is -0.136. The number of carbonyl (C=O) groups excluding carboxylic acids is 1. The lowest BCUT2D eigenvalue weighted by atomic mass is 10.0. The van der Waals surface area contributed by atoms with Gasteiger partial charge in [-0.25, -0.2) is 4.68 Å². The lowest BCUT2D eigenvalue weighted by Gasteiger charge is -2.39. The molecular weight excluding hydrogens is 316 g/mol. The van der Waals surface area contributed by atoms with Crippen molar-refractivity contribution in [3.8, 4) is 0 Å². The maximum absolute atomic E-state index is 12.5. The largest absolute Gasteiger partial charge is 0.387 e. The van der Waals surface area contributed by atoms with Crippen molar-refractivity contribution in [3.63, 3.8) is 0 Å². The number of aliphatic hydroxyl groups excluding tert-OH is 1. The van der Waals surface area contributed by atoms with Crippen LogP contribution in [-0.4, -0.2) is 44.0 Å². The SMILES string of the molecule is CC(O)c1cn(C2CN(C(=O)Cc3ccc4ccccc4c3)C2)nn1. The molecule has 0 bridgehead atoms. The number of nitrogens with zero attached hydrogens (tertiary/aromatic N) is 4. The van der Waals surface area contributed by atoms with E-state index in [1.807, 2.05) is 23.1 Å². The fourth-order valence-electron chi connectivity index (χ4n) is 3.12. The summed E-state index contributed by atoms with van der Waals surface area (Å²) in [5.41, 5.74) is 1.59. The van der Waals surface area contributed by atoms with Gasteiger partial charge in [-0.1, -0.05) is 47.7 Å². The minimum absolute atomic E-state index is 0.127. The Morgan fingerprint density at radius 2 is 2.00 bits per heavy atom. The van der Waals surface area contributed by atoms with Crippen LogP contribution in [0, 0.1) is 0 Å². The summed E-state index contributed by atoms with van der Waals surface area (Å²) in [6.45, 7) is 2.93. The van der Waals surface area contributed by atoms with Crippen molar-refractivity contribution in [1.29, 1.82) is 0 Å². The zero-order valence-corrected chi connectivity index (χ0v) is 14.0. The van der Waals surface area contributed by atoms with Gasteiger partial charge in [0.25, 0.3) is 0 Å². The van der Waals surface area contributed by atoms with Gasteiger partial charge in [0.2, 0.25) is 5.91 Å². The fraction of sp³-hybridized carbons (Fsp3) is 0.316. The Balaban J connectivity index is 1.37. The summed E-state index contributed by atoms with van der Waals surface area (Å²) >= 11 is 0. The molecule has 3 aromatic rings. The molecule has 0 spiro atoms. The van der Waals surface area contributed by atoms with E-state index in [-0.39, 0.29) is 11.9 Å². The van der Waals surface area contributed by atoms with Crippen molar-refractivity contribution in [2.24, 2.45) is 0 Å². The zero-order chi connectivity index (χ0) is 17.4. The van der Waals surface area contributed by atoms with E-state index < -0.39 is 6.10 Å². The van der Waals surface area contributed by atoms with Crippen LogP contribution in [0.1, 0.15) is 30.3 Å². The van der Waals surface area contributed by atoms with Gasteiger partial charge in [-0.05, 0) is 23.3 Å². The Kier molecular flexibility index (Phi) is 3.97. The summed E-state index contributed by atoms with van der Waals surface area (Å²) in [6, 6.07) is 14.5. The second kappa shape index (κ2) is 6.29. The van der Waals surface area contributed by atoms with E-state index in [1.54, 1.807) is 17.8 Å². The van der Waals surface area contributed by atoms with Gasteiger partial charge < -0.3 is 10.0 Å². The van der Waals surface area contributed by atoms with E-state index in [4.69, 9.17) is 0 Å². The topological polar surface area (TPSA) is 71.2 Å². The summed E-state index contributed by atoms with van der Waals surface area (Å²) in [5.74, 6) is 0.127. The number of amides is 1. The summed E-state index contributed by atoms with van der Waals surface area (Å²) in [4.78, 5) is 14.3. The van der Waals surface area contributed by atoms with Gasteiger partial charge in [-0.3, -0.25) is 4.79 Å². The normalized spacial score (nSPS) is 16.0. The van der Waals surface area contributed by atoms with E-state index in [9.17, 15) is 9.90 Å². The van der Waals surface area contributed by atoms with Crippen LogP contribution in [0.5, 0.6) is 0 Å². The van der Waals surface area contributed by atoms with Crippen LogP contribution in [0.4, 0.5) is 0 Å². The van der Waals surface area contributed by atoms with Gasteiger partial charge in [0, 0.05) is 13.1 Å². The van der Waals surface area contributed by atoms with Crippen molar-refractivity contribution in [3.05, 3.63) is 59.9 Å². The second-order valence-corrected chi connectivity index (χ2v) is 6.61. The first-order valence-electron chi connectivity index (χ1n) is 8.45. The maximum Gasteiger partial charge on any atom is 0.227 e. The molecule has 1 aliphatic heterocycles. The predicted octanol–water partition coefficient (Wildman–Crippen LogP) is 2.11. The van der Waals surface area contributed by atoms with Crippen LogP contribution in [0.3, 0.4) is 0 Å². The third kappa shape index (κ3) is 3.13. The monoisotopic (exact) mass is 336 g/mol. The zero-order valence-electron chi connectivity index (χ0n) is 14.0. The van der Waals surface area contributed by atoms with Gasteiger partial charge in [-0.15, -0.1) is 5.10 Å². The molecule has 25 heavy (non-hydrogen) atoms. The lowest BCUT2D eigenvalue weighted by Crippen LogP contribution is -2.51. The molecule has 0 saturated carbocycles. The molecule has 6 nitrogen and oxygen atoms in total. The first-order valence-corrected chi connectivity index (χ1v) is 8.45. The smallest absolute Gasteiger partial charge is 0.227 e. The van der Waals surface area contributed by atoms with Crippen LogP contribution < -0.4 is 0 Å². The van der Waals surface area contributed by atoms with E-state index in [2.05, 4.69) is 34.6 Å². The summed E-state index contributed by atoms with van der Waals surface area (Å²) < 4.78 is 1.74. The number of likely N-dealkylation sites (tertiary alicyclic amines) is 1. The number of carbonyl (C=O) groups is 1. The highest BCUT2D eigenvalue weighted by molar-refractivity contribution is 5.85. The van der Waals surface area contributed by atoms with Crippen molar-refractivity contribution < 1.29 is 9.90 Å². The molecule has 1 aliphatic rings. The first-order chi connectivity index (χ1) is 12.1. The van der Waals surface area contributed by atoms with Crippen LogP contribution in [0.25, 0.3) is 10.8 Å². The number of fused-ring (bicyclic) bond motifs is 1. The molecule has 1 N–H and O–H groups in total. The molecular formula is C19H20N4O2. The van der Waals surface area contributed by atoms with Crippen molar-refractivity contribution in [1.82, 2.24) is 19.9 Å². The van der Waals surface area contributed by atoms with E-state index in [1.165, 1.54) is 5.39 Å². The number of hydrogen-bond acceptors (Lipinski definition) is 4. The molecule has 0 radical (unpaired) electrons. The highest BCUT2D eigenvalue weighted by Crippen LogP contribution is 2.23. The number of aliphatic hydroxyl groups is 1. The minimum Gasteiger partial charge on any atom is -0.387 e. The highest BCUT2D eigenvalue weighted by atomic mass is 16.3. The third-order valence-corrected chi connectivity index (χ3v) is 4.71. The molecule has 1 unspecified atom stereocenters. The molecule has 1 atom stereocenters. The van der Waals surface area contributed by atoms with Gasteiger partial charge in [0.05, 0.1) is 24.8 Å². The van der Waals surface area contributed by atoms with E-state index in [0.29, 0.717) is 25.2 Å². The van der Waals surface area contributed by atoms with Crippen LogP contribution >= 0.6 is 0 Å². The summed E-state index contributed by atoms with van der Waals surface area (Å²) in [7, 11) is 0. The molecule has 0 aliphatic carbocycles. The Bertz CT molecular complexity index is 912. The van der Waals surface area contributed by atoms with Gasteiger partial charge >= 0.3 is 0 Å². The van der Waals surface area contributed by atoms with Crippen molar-refractivity contribution in [2.45, 2.75) is 25.5 Å². The first kappa shape index (κ1) is 15.8. The molecule has 2 aromatic carbocycles. The number of aromatic nitrogens is 3. The molecule has 128 valence electrons. The highest BCUT2D eigenvalue weighted by Gasteiger charge is 2.32. The Labute approximate surface area is 145 Å². The van der Waals surface area contributed by atoms with Crippen LogP contribution in [-0.2, 0) is 11.2 Å². The quantitative estimate of drug-likeness (QED) is 0.792. The predicted molar refractivity (Wildman–Crippen MR) is 93.9 cm³/mol. The number of rotatable bonds is 4. The van der Waals surface area contributed by atoms with Crippen molar-refractivity contribution in [2.75, 3.05) is 13.1 Å². The van der Waals surface area contributed by atoms with Crippen molar-refractivity contribution >= 4 is 16.7 Å². The molecule has 4 rings (SSSR count). The minimum atomic E-state index is -0.625. The molecule has 1 fully saturated rings. The molecule has 6 heteroatoms. The number of benzene rings is 2. The Morgan fingerprint density at radius 1 is 1.24 bits per heavy atom. The Hall–Kier alpha value is -2.73. The molecule has 1 saturated heterocycles. The molecule has 2 heterocycles. The van der Waals surface area contributed by atoms with Gasteiger partial charge in [-0.2, -0.15) is 0 Å². The summed E-state index contributed by atoms with van der Waals surface area (Å²) in [6.07, 6.45) is 1.54. The van der Waals surface area contributed by atoms with Gasteiger partial charge in [0.1, 0.15) is 5.69 Å². The molecule has 1 amide bonds. The average molecular weight is 336 g/mol. The Morgan fingerprint density at radius 3 is 2.72 bits per heavy atom. The fourth-order valence-corrected chi connectivity index (χ4v) is 3.12. The summed E-state index contributed by atoms with van der Waals surface area (Å²) in [5, 5.41) is 19.8. The standard InChI is InChI=1S/C19H20N4O2/c1-13(24)18-12-23(21-20-18)17-10-22(11-17)19(25)9-14-6-7-15-4-2-3-5-16(15)8-14/h2-8,12-13,17,24H,9-11H2,1H3. The second-order valence-electron chi connectivity index (χ2n) is 6.61. The van der Waals surface area contributed by atoms with Crippen LogP contribution in [0.2, 0.25) is 0 Å². The van der Waals surface area contributed by atoms with Crippen LogP contribution in [0.15, 0.2) is 48.7 Å². The van der Waals surface area contributed by atoms with E-state index >= 15 is 0 Å².